The Morgan fingerprint density at radius 3 is 2.25 bits per heavy atom. The molecule has 0 atom stereocenters. The molecule has 0 saturated heterocycles. The molecule has 0 radical (unpaired) electrons. The molecular formula is C7H9In. The molecule has 0 spiro atoms. The summed E-state index contributed by atoms with van der Waals surface area (Å²) in [5.74, 6) is 0. The van der Waals surface area contributed by atoms with Crippen LogP contribution in [0.1, 0.15) is 8.42 Å². The molecule has 0 saturated carbocycles. The van der Waals surface area contributed by atoms with E-state index >= 15 is 0 Å². The quantitative estimate of drug-likeness (QED) is 0.657. The SMILES string of the molecule is [H-].[H-].[In+2][CH2]c1ccccc1. The van der Waals surface area contributed by atoms with Crippen LogP contribution >= 0.6 is 0 Å². The Bertz CT molecular complexity index is 153. The molecule has 0 bridgehead atoms. The summed E-state index contributed by atoms with van der Waals surface area (Å²) < 4.78 is 1.27. The fourth-order valence-corrected chi connectivity index (χ4v) is 1.39. The van der Waals surface area contributed by atoms with Crippen LogP contribution in [0.3, 0.4) is 0 Å². The van der Waals surface area contributed by atoms with E-state index in [4.69, 9.17) is 0 Å². The summed E-state index contributed by atoms with van der Waals surface area (Å²) in [6.07, 6.45) is 0. The van der Waals surface area contributed by atoms with E-state index < -0.39 is 0 Å². The molecule has 0 amide bonds. The number of benzene rings is 1. The second kappa shape index (κ2) is 3.18. The molecule has 0 aromatic heterocycles. The molecule has 1 heteroatoms. The van der Waals surface area contributed by atoms with E-state index in [1.807, 2.05) is 0 Å². The minimum atomic E-state index is 0. The third-order valence-corrected chi connectivity index (χ3v) is 2.42. The van der Waals surface area contributed by atoms with Gasteiger partial charge in [0.25, 0.3) is 0 Å². The van der Waals surface area contributed by atoms with Crippen LogP contribution in [0.4, 0.5) is 0 Å². The van der Waals surface area contributed by atoms with Gasteiger partial charge in [-0.2, -0.15) is 0 Å². The van der Waals surface area contributed by atoms with Crippen molar-refractivity contribution in [1.29, 1.82) is 0 Å². The average molecular weight is 208 g/mol. The van der Waals surface area contributed by atoms with E-state index in [-0.39, 0.29) is 2.85 Å². The van der Waals surface area contributed by atoms with Crippen molar-refractivity contribution in [1.82, 2.24) is 0 Å². The maximum atomic E-state index is 2.17. The van der Waals surface area contributed by atoms with Gasteiger partial charge in [-0.1, -0.05) is 0 Å². The van der Waals surface area contributed by atoms with Crippen LogP contribution in [0, 0.1) is 0 Å². The molecule has 1 aromatic carbocycles. The van der Waals surface area contributed by atoms with Crippen molar-refractivity contribution >= 4 is 24.4 Å². The first-order valence-electron chi connectivity index (χ1n) is 2.67. The van der Waals surface area contributed by atoms with Crippen LogP contribution in [0.5, 0.6) is 0 Å². The summed E-state index contributed by atoms with van der Waals surface area (Å²) in [6, 6.07) is 10.6. The fraction of sp³-hybridized carbons (Fsp3) is 0.143. The second-order valence-corrected chi connectivity index (χ2v) is 2.85. The molecule has 1 rings (SSSR count). The predicted octanol–water partition coefficient (Wildman–Crippen LogP) is 1.58. The summed E-state index contributed by atoms with van der Waals surface area (Å²) in [6.45, 7) is 0. The summed E-state index contributed by atoms with van der Waals surface area (Å²) >= 11 is 1.33. The van der Waals surface area contributed by atoms with Gasteiger partial charge in [-0.05, 0) is 0 Å². The first-order valence-corrected chi connectivity index (χ1v) is 5.00. The zero-order valence-corrected chi connectivity index (χ0v) is 7.97. The van der Waals surface area contributed by atoms with Crippen LogP contribution in [0.15, 0.2) is 30.3 Å². The van der Waals surface area contributed by atoms with Crippen molar-refractivity contribution in [3.8, 4) is 0 Å². The molecule has 1 aromatic rings. The zero-order chi connectivity index (χ0) is 5.82. The molecule has 0 aliphatic heterocycles. The molecule has 0 unspecified atom stereocenters. The predicted molar refractivity (Wildman–Crippen MR) is 38.1 cm³/mol. The van der Waals surface area contributed by atoms with Crippen molar-refractivity contribution in [3.05, 3.63) is 35.9 Å². The maximum absolute atomic E-state index is 2.17. The minimum absolute atomic E-state index is 0. The van der Waals surface area contributed by atoms with Crippen LogP contribution in [0.25, 0.3) is 0 Å². The molecule has 0 fully saturated rings. The standard InChI is InChI=1S/C7H7.In.2H/c1-7-5-3-2-4-6-7;;;/h2-6H,1H2;;;/q;+2;2*-1. The van der Waals surface area contributed by atoms with Crippen molar-refractivity contribution in [2.75, 3.05) is 0 Å². The Labute approximate surface area is 67.5 Å². The van der Waals surface area contributed by atoms with Gasteiger partial charge < -0.3 is 2.85 Å². The number of hydrogen-bond acceptors (Lipinski definition) is 0. The third kappa shape index (κ3) is 1.55. The number of rotatable bonds is 1. The molecule has 0 N–H and O–H groups in total. The van der Waals surface area contributed by atoms with Crippen molar-refractivity contribution in [2.24, 2.45) is 0 Å². The van der Waals surface area contributed by atoms with Gasteiger partial charge in [0, 0.05) is 0 Å². The fourth-order valence-electron chi connectivity index (χ4n) is 0.614. The van der Waals surface area contributed by atoms with Crippen LogP contribution in [-0.4, -0.2) is 24.4 Å². The second-order valence-electron chi connectivity index (χ2n) is 1.69. The van der Waals surface area contributed by atoms with E-state index in [2.05, 4.69) is 30.3 Å². The Hall–Kier alpha value is 0.0901. The van der Waals surface area contributed by atoms with E-state index in [9.17, 15) is 0 Å². The van der Waals surface area contributed by atoms with Gasteiger partial charge in [-0.3, -0.25) is 0 Å². The first kappa shape index (κ1) is 6.21. The van der Waals surface area contributed by atoms with Gasteiger partial charge in [0.1, 0.15) is 0 Å². The summed E-state index contributed by atoms with van der Waals surface area (Å²) in [7, 11) is 0. The van der Waals surface area contributed by atoms with E-state index in [0.717, 1.165) is 0 Å². The van der Waals surface area contributed by atoms with E-state index in [1.54, 1.807) is 0 Å². The van der Waals surface area contributed by atoms with Crippen molar-refractivity contribution < 1.29 is 2.85 Å². The van der Waals surface area contributed by atoms with Gasteiger partial charge >= 0.3 is 64.4 Å². The van der Waals surface area contributed by atoms with Crippen LogP contribution < -0.4 is 0 Å². The van der Waals surface area contributed by atoms with Gasteiger partial charge in [0.2, 0.25) is 0 Å². The summed E-state index contributed by atoms with van der Waals surface area (Å²) in [5, 5.41) is 0. The first-order chi connectivity index (χ1) is 3.93. The van der Waals surface area contributed by atoms with Crippen molar-refractivity contribution in [2.45, 2.75) is 4.18 Å². The Balaban J connectivity index is 0. The third-order valence-electron chi connectivity index (χ3n) is 1.08. The van der Waals surface area contributed by atoms with Gasteiger partial charge in [-0.15, -0.1) is 0 Å². The summed E-state index contributed by atoms with van der Waals surface area (Å²) in [4.78, 5) is 0. The van der Waals surface area contributed by atoms with Crippen LogP contribution in [0.2, 0.25) is 0 Å². The zero-order valence-electron chi connectivity index (χ0n) is 6.67. The summed E-state index contributed by atoms with van der Waals surface area (Å²) in [5.41, 5.74) is 1.47. The van der Waals surface area contributed by atoms with E-state index in [0.29, 0.717) is 0 Å². The van der Waals surface area contributed by atoms with Gasteiger partial charge in [0.15, 0.2) is 0 Å². The normalized spacial score (nSPS) is 9.25. The molecule has 0 aliphatic carbocycles. The monoisotopic (exact) mass is 208 g/mol. The van der Waals surface area contributed by atoms with Gasteiger partial charge in [-0.25, -0.2) is 0 Å². The van der Waals surface area contributed by atoms with E-state index in [1.165, 1.54) is 34.1 Å². The number of hydrogen-bond donors (Lipinski definition) is 0. The Kier molecular flexibility index (Phi) is 2.47. The topological polar surface area (TPSA) is 0 Å². The van der Waals surface area contributed by atoms with Gasteiger partial charge in [0.05, 0.1) is 0 Å². The molecule has 0 aliphatic rings. The Morgan fingerprint density at radius 2 is 1.88 bits per heavy atom. The average Bonchev–Trinajstić information content (AvgIpc) is 1.90. The molecule has 0 heterocycles. The molecule has 8 heavy (non-hydrogen) atoms. The molecule has 40 valence electrons. The molecular weight excluding hydrogens is 199 g/mol. The van der Waals surface area contributed by atoms with Crippen molar-refractivity contribution in [3.63, 3.8) is 0 Å². The van der Waals surface area contributed by atoms with Crippen LogP contribution in [-0.2, 0) is 4.18 Å². The Morgan fingerprint density at radius 1 is 1.25 bits per heavy atom. The molecule has 0 nitrogen and oxygen atoms in total.